The number of rotatable bonds is 5. The first-order chi connectivity index (χ1) is 11.8. The molecule has 0 bridgehead atoms. The number of anilines is 2. The van der Waals surface area contributed by atoms with Gasteiger partial charge in [-0.25, -0.2) is 4.98 Å². The molecule has 6 heteroatoms. The van der Waals surface area contributed by atoms with E-state index in [1.54, 1.807) is 25.4 Å². The average molecular weight is 326 g/mol. The lowest BCUT2D eigenvalue weighted by Gasteiger charge is -2.29. The molecule has 2 N–H and O–H groups in total. The molecule has 0 atom stereocenters. The van der Waals surface area contributed by atoms with Gasteiger partial charge in [-0.15, -0.1) is 0 Å². The van der Waals surface area contributed by atoms with Gasteiger partial charge in [0.05, 0.1) is 18.8 Å². The van der Waals surface area contributed by atoms with Crippen LogP contribution < -0.4 is 15.5 Å². The van der Waals surface area contributed by atoms with Crippen LogP contribution >= 0.6 is 0 Å². The number of pyridine rings is 1. The Hall–Kier alpha value is -2.60. The Morgan fingerprint density at radius 3 is 2.79 bits per heavy atom. The maximum Gasteiger partial charge on any atom is 0.253 e. The molecule has 0 saturated carbocycles. The van der Waals surface area contributed by atoms with Gasteiger partial charge < -0.3 is 20.3 Å². The Balaban J connectivity index is 1.60. The fourth-order valence-corrected chi connectivity index (χ4v) is 2.65. The predicted molar refractivity (Wildman–Crippen MR) is 94.4 cm³/mol. The summed E-state index contributed by atoms with van der Waals surface area (Å²) in [5.41, 5.74) is 2.80. The van der Waals surface area contributed by atoms with Gasteiger partial charge in [-0.05, 0) is 29.8 Å². The molecular weight excluding hydrogens is 304 g/mol. The van der Waals surface area contributed by atoms with Crippen molar-refractivity contribution in [3.63, 3.8) is 0 Å². The van der Waals surface area contributed by atoms with Gasteiger partial charge in [-0.1, -0.05) is 12.1 Å². The number of carbonyl (C=O) groups is 1. The molecule has 126 valence electrons. The van der Waals surface area contributed by atoms with Crippen LogP contribution in [0.4, 0.5) is 11.5 Å². The van der Waals surface area contributed by atoms with Gasteiger partial charge in [0.2, 0.25) is 0 Å². The number of nitrogens with one attached hydrogen (secondary N) is 2. The smallest absolute Gasteiger partial charge is 0.253 e. The minimum absolute atomic E-state index is 0.123. The summed E-state index contributed by atoms with van der Waals surface area (Å²) in [6.45, 7) is 3.82. The monoisotopic (exact) mass is 326 g/mol. The third-order valence-electron chi connectivity index (χ3n) is 4.02. The number of ether oxygens (including phenoxy) is 1. The van der Waals surface area contributed by atoms with Crippen LogP contribution in [0.15, 0.2) is 42.6 Å². The Bertz CT molecular complexity index is 682. The van der Waals surface area contributed by atoms with Crippen LogP contribution in [-0.2, 0) is 11.3 Å². The van der Waals surface area contributed by atoms with Crippen molar-refractivity contribution < 1.29 is 9.53 Å². The van der Waals surface area contributed by atoms with E-state index in [9.17, 15) is 4.79 Å². The first-order valence-electron chi connectivity index (χ1n) is 8.10. The number of aromatic nitrogens is 1. The van der Waals surface area contributed by atoms with E-state index in [4.69, 9.17) is 4.74 Å². The molecule has 0 unspecified atom stereocenters. The zero-order valence-electron chi connectivity index (χ0n) is 13.8. The lowest BCUT2D eigenvalue weighted by Crippen LogP contribution is -2.36. The van der Waals surface area contributed by atoms with Crippen molar-refractivity contribution >= 4 is 17.4 Å². The molecule has 1 aliphatic rings. The Morgan fingerprint density at radius 1 is 1.25 bits per heavy atom. The second-order valence-electron chi connectivity index (χ2n) is 5.63. The summed E-state index contributed by atoms with van der Waals surface area (Å²) < 4.78 is 5.39. The molecular formula is C18H22N4O2. The van der Waals surface area contributed by atoms with Crippen LogP contribution in [0.2, 0.25) is 0 Å². The van der Waals surface area contributed by atoms with Gasteiger partial charge in [-0.3, -0.25) is 4.79 Å². The highest BCUT2D eigenvalue weighted by Crippen LogP contribution is 2.17. The largest absolute Gasteiger partial charge is 0.378 e. The molecule has 0 aliphatic carbocycles. The van der Waals surface area contributed by atoms with Crippen LogP contribution in [0, 0.1) is 0 Å². The SMILES string of the molecule is CNc1ccc(C(=O)NCc2cccc(N3CCOCC3)c2)cn1. The van der Waals surface area contributed by atoms with E-state index < -0.39 is 0 Å². The van der Waals surface area contributed by atoms with E-state index in [2.05, 4.69) is 32.7 Å². The van der Waals surface area contributed by atoms with Crippen molar-refractivity contribution in [2.24, 2.45) is 0 Å². The van der Waals surface area contributed by atoms with Crippen molar-refractivity contribution in [2.75, 3.05) is 43.6 Å². The molecule has 2 heterocycles. The van der Waals surface area contributed by atoms with Gasteiger partial charge in [-0.2, -0.15) is 0 Å². The number of carbonyl (C=O) groups excluding carboxylic acids is 1. The van der Waals surface area contributed by atoms with Crippen LogP contribution in [0.5, 0.6) is 0 Å². The van der Waals surface area contributed by atoms with Crippen molar-refractivity contribution in [2.45, 2.75) is 6.54 Å². The topological polar surface area (TPSA) is 66.5 Å². The third kappa shape index (κ3) is 4.02. The molecule has 6 nitrogen and oxygen atoms in total. The Labute approximate surface area is 141 Å². The number of benzene rings is 1. The normalized spacial score (nSPS) is 14.3. The third-order valence-corrected chi connectivity index (χ3v) is 4.02. The van der Waals surface area contributed by atoms with E-state index in [0.29, 0.717) is 12.1 Å². The second-order valence-corrected chi connectivity index (χ2v) is 5.63. The van der Waals surface area contributed by atoms with E-state index in [1.807, 2.05) is 12.1 Å². The van der Waals surface area contributed by atoms with Gasteiger partial charge >= 0.3 is 0 Å². The molecule has 1 aromatic carbocycles. The fraction of sp³-hybridized carbons (Fsp3) is 0.333. The summed E-state index contributed by atoms with van der Waals surface area (Å²) >= 11 is 0. The second kappa shape index (κ2) is 7.79. The minimum Gasteiger partial charge on any atom is -0.378 e. The van der Waals surface area contributed by atoms with Crippen molar-refractivity contribution in [1.82, 2.24) is 10.3 Å². The zero-order valence-corrected chi connectivity index (χ0v) is 13.8. The van der Waals surface area contributed by atoms with Crippen LogP contribution in [0.3, 0.4) is 0 Å². The molecule has 2 aromatic rings. The number of morpholine rings is 1. The first kappa shape index (κ1) is 16.3. The Kier molecular flexibility index (Phi) is 5.28. The van der Waals surface area contributed by atoms with Crippen molar-refractivity contribution in [3.05, 3.63) is 53.7 Å². The minimum atomic E-state index is -0.123. The lowest BCUT2D eigenvalue weighted by atomic mass is 10.1. The van der Waals surface area contributed by atoms with Crippen molar-refractivity contribution in [1.29, 1.82) is 0 Å². The van der Waals surface area contributed by atoms with E-state index >= 15 is 0 Å². The first-order valence-corrected chi connectivity index (χ1v) is 8.10. The molecule has 1 aliphatic heterocycles. The molecule has 1 aromatic heterocycles. The summed E-state index contributed by atoms with van der Waals surface area (Å²) in [7, 11) is 1.80. The highest BCUT2D eigenvalue weighted by molar-refractivity contribution is 5.94. The number of hydrogen-bond acceptors (Lipinski definition) is 5. The molecule has 3 rings (SSSR count). The molecule has 0 radical (unpaired) electrons. The molecule has 0 spiro atoms. The predicted octanol–water partition coefficient (Wildman–Crippen LogP) is 1.89. The number of hydrogen-bond donors (Lipinski definition) is 2. The van der Waals surface area contributed by atoms with E-state index in [1.165, 1.54) is 5.69 Å². The number of amides is 1. The summed E-state index contributed by atoms with van der Waals surface area (Å²) in [4.78, 5) is 18.7. The van der Waals surface area contributed by atoms with Gasteiger partial charge in [0.25, 0.3) is 5.91 Å². The van der Waals surface area contributed by atoms with Gasteiger partial charge in [0, 0.05) is 38.6 Å². The lowest BCUT2D eigenvalue weighted by molar-refractivity contribution is 0.0950. The summed E-state index contributed by atoms with van der Waals surface area (Å²) in [6, 6.07) is 11.8. The van der Waals surface area contributed by atoms with E-state index in [0.717, 1.165) is 37.7 Å². The maximum absolute atomic E-state index is 12.2. The Morgan fingerprint density at radius 2 is 2.08 bits per heavy atom. The highest BCUT2D eigenvalue weighted by Gasteiger charge is 2.12. The van der Waals surface area contributed by atoms with Crippen molar-refractivity contribution in [3.8, 4) is 0 Å². The van der Waals surface area contributed by atoms with Gasteiger partial charge in [0.15, 0.2) is 0 Å². The molecule has 1 saturated heterocycles. The molecule has 1 fully saturated rings. The summed E-state index contributed by atoms with van der Waals surface area (Å²) in [5.74, 6) is 0.617. The molecule has 24 heavy (non-hydrogen) atoms. The quantitative estimate of drug-likeness (QED) is 0.878. The maximum atomic E-state index is 12.2. The van der Waals surface area contributed by atoms with Crippen LogP contribution in [0.25, 0.3) is 0 Å². The number of nitrogens with zero attached hydrogens (tertiary/aromatic N) is 2. The highest BCUT2D eigenvalue weighted by atomic mass is 16.5. The van der Waals surface area contributed by atoms with Crippen LogP contribution in [0.1, 0.15) is 15.9 Å². The van der Waals surface area contributed by atoms with Crippen LogP contribution in [-0.4, -0.2) is 44.2 Å². The standard InChI is InChI=1S/C18H22N4O2/c1-19-17-6-5-15(13-20-17)18(23)21-12-14-3-2-4-16(11-14)22-7-9-24-10-8-22/h2-6,11,13H,7-10,12H2,1H3,(H,19,20)(H,21,23). The molecule has 1 amide bonds. The van der Waals surface area contributed by atoms with E-state index in [-0.39, 0.29) is 5.91 Å². The summed E-state index contributed by atoms with van der Waals surface area (Å²) in [6.07, 6.45) is 1.57. The average Bonchev–Trinajstić information content (AvgIpc) is 2.67. The fourth-order valence-electron chi connectivity index (χ4n) is 2.65. The van der Waals surface area contributed by atoms with Gasteiger partial charge in [0.1, 0.15) is 5.82 Å². The summed E-state index contributed by atoms with van der Waals surface area (Å²) in [5, 5.41) is 5.87. The zero-order chi connectivity index (χ0) is 16.8.